The number of hydrogen-bond donors (Lipinski definition) is 1. The van der Waals surface area contributed by atoms with E-state index in [2.05, 4.69) is 9.88 Å². The Hall–Kier alpha value is -4.47. The number of amides is 1. The number of rotatable bonds is 13. The number of methoxy groups -OCH3 is 4. The predicted octanol–water partition coefficient (Wildman–Crippen LogP) is 3.54. The molecule has 39 heavy (non-hydrogen) atoms. The fraction of sp³-hybridized carbons (Fsp3) is 0.345. The van der Waals surface area contributed by atoms with Gasteiger partial charge in [-0.3, -0.25) is 14.4 Å². The number of nitrogens with one attached hydrogen (secondary N) is 1. The molecule has 0 aliphatic heterocycles. The lowest BCUT2D eigenvalue weighted by Crippen LogP contribution is -2.31. The number of Topliss-reactive ketones (excluding diaryl/α,β-unsaturated/α-hetero) is 1. The highest BCUT2D eigenvalue weighted by Gasteiger charge is 2.20. The van der Waals surface area contributed by atoms with Gasteiger partial charge in [0.15, 0.2) is 18.1 Å². The number of aromatic nitrogens is 1. The van der Waals surface area contributed by atoms with Crippen LogP contribution in [-0.2, 0) is 22.5 Å². The van der Waals surface area contributed by atoms with Crippen LogP contribution in [0.15, 0.2) is 42.5 Å². The molecule has 0 atom stereocenters. The lowest BCUT2D eigenvalue weighted by atomic mass is 10.1. The molecule has 1 aromatic heterocycles. The van der Waals surface area contributed by atoms with Crippen molar-refractivity contribution in [1.29, 1.82) is 0 Å². The van der Waals surface area contributed by atoms with E-state index in [-0.39, 0.29) is 11.3 Å². The molecule has 0 saturated carbocycles. The number of ketones is 1. The Balaban J connectivity index is 1.54. The van der Waals surface area contributed by atoms with E-state index in [1.165, 1.54) is 33.5 Å². The Bertz CT molecular complexity index is 1300. The second-order valence-electron chi connectivity index (χ2n) is 8.72. The highest BCUT2D eigenvalue weighted by molar-refractivity contribution is 6.00. The highest BCUT2D eigenvalue weighted by atomic mass is 16.5. The van der Waals surface area contributed by atoms with Crippen molar-refractivity contribution in [3.05, 3.63) is 70.5 Å². The van der Waals surface area contributed by atoms with Crippen molar-refractivity contribution in [2.24, 2.45) is 0 Å². The molecule has 3 rings (SSSR count). The minimum absolute atomic E-state index is 0.204. The van der Waals surface area contributed by atoms with Crippen LogP contribution in [0, 0.1) is 13.8 Å². The lowest BCUT2D eigenvalue weighted by molar-refractivity contribution is -0.141. The Labute approximate surface area is 227 Å². The highest BCUT2D eigenvalue weighted by Crippen LogP contribution is 2.38. The van der Waals surface area contributed by atoms with Crippen LogP contribution in [0.25, 0.3) is 0 Å². The summed E-state index contributed by atoms with van der Waals surface area (Å²) >= 11 is 0. The maximum atomic E-state index is 12.8. The summed E-state index contributed by atoms with van der Waals surface area (Å²) in [4.78, 5) is 37.6. The zero-order chi connectivity index (χ0) is 28.5. The molecule has 1 heterocycles. The number of benzene rings is 2. The minimum Gasteiger partial charge on any atom is -0.497 e. The summed E-state index contributed by atoms with van der Waals surface area (Å²) < 4.78 is 28.1. The van der Waals surface area contributed by atoms with Gasteiger partial charge in [0.25, 0.3) is 5.91 Å². The molecule has 0 bridgehead atoms. The lowest BCUT2D eigenvalue weighted by Gasteiger charge is -2.14. The normalized spacial score (nSPS) is 10.5. The molecule has 0 fully saturated rings. The minimum atomic E-state index is -0.738. The van der Waals surface area contributed by atoms with Crippen LogP contribution >= 0.6 is 0 Å². The fourth-order valence-electron chi connectivity index (χ4n) is 4.20. The summed E-state index contributed by atoms with van der Waals surface area (Å²) in [7, 11) is 5.96. The van der Waals surface area contributed by atoms with Crippen LogP contribution in [0.5, 0.6) is 23.0 Å². The summed E-state index contributed by atoms with van der Waals surface area (Å²) in [6.45, 7) is 3.66. The third-order valence-electron chi connectivity index (χ3n) is 6.34. The molecule has 0 aliphatic rings. The number of nitrogens with zero attached hydrogens (tertiary/aromatic N) is 1. The first-order chi connectivity index (χ1) is 18.7. The van der Waals surface area contributed by atoms with Crippen molar-refractivity contribution in [2.45, 2.75) is 26.8 Å². The van der Waals surface area contributed by atoms with Gasteiger partial charge >= 0.3 is 5.97 Å². The molecule has 1 amide bonds. The molecule has 10 heteroatoms. The van der Waals surface area contributed by atoms with E-state index in [4.69, 9.17) is 23.7 Å². The van der Waals surface area contributed by atoms with E-state index in [0.717, 1.165) is 29.1 Å². The summed E-state index contributed by atoms with van der Waals surface area (Å²) in [6, 6.07) is 12.6. The average molecular weight is 539 g/mol. The molecular formula is C29H34N2O8. The smallest absolute Gasteiger partial charge is 0.325 e. The topological polar surface area (TPSA) is 114 Å². The van der Waals surface area contributed by atoms with Crippen LogP contribution < -0.4 is 24.3 Å². The zero-order valence-corrected chi connectivity index (χ0v) is 23.1. The number of hydrogen-bond acceptors (Lipinski definition) is 8. The van der Waals surface area contributed by atoms with E-state index in [1.54, 1.807) is 13.2 Å². The molecule has 10 nitrogen and oxygen atoms in total. The summed E-state index contributed by atoms with van der Waals surface area (Å²) in [5.74, 6) is 0.150. The van der Waals surface area contributed by atoms with E-state index in [0.29, 0.717) is 29.4 Å². The number of esters is 1. The van der Waals surface area contributed by atoms with Crippen molar-refractivity contribution >= 4 is 17.7 Å². The van der Waals surface area contributed by atoms with Crippen molar-refractivity contribution < 1.29 is 38.1 Å². The second-order valence-corrected chi connectivity index (χ2v) is 8.72. The van der Waals surface area contributed by atoms with Gasteiger partial charge in [-0.25, -0.2) is 0 Å². The van der Waals surface area contributed by atoms with Crippen LogP contribution in [0.3, 0.4) is 0 Å². The Morgan fingerprint density at radius 3 is 2.05 bits per heavy atom. The first kappa shape index (κ1) is 29.1. The molecule has 0 radical (unpaired) electrons. The van der Waals surface area contributed by atoms with Gasteiger partial charge in [0, 0.05) is 29.1 Å². The monoisotopic (exact) mass is 538 g/mol. The van der Waals surface area contributed by atoms with Gasteiger partial charge in [-0.15, -0.1) is 0 Å². The molecule has 0 aliphatic carbocycles. The molecule has 0 unspecified atom stereocenters. The fourth-order valence-corrected chi connectivity index (χ4v) is 4.20. The van der Waals surface area contributed by atoms with Gasteiger partial charge in [0.2, 0.25) is 11.5 Å². The second kappa shape index (κ2) is 13.4. The number of carbonyl (C=O) groups is 3. The average Bonchev–Trinajstić information content (AvgIpc) is 3.25. The Morgan fingerprint density at radius 1 is 0.846 bits per heavy atom. The molecular weight excluding hydrogens is 504 g/mol. The predicted molar refractivity (Wildman–Crippen MR) is 144 cm³/mol. The van der Waals surface area contributed by atoms with Crippen LogP contribution in [0.1, 0.15) is 37.7 Å². The Kier molecular flexibility index (Phi) is 9.97. The zero-order valence-electron chi connectivity index (χ0n) is 23.1. The third kappa shape index (κ3) is 7.10. The quantitative estimate of drug-likeness (QED) is 0.260. The molecule has 208 valence electrons. The molecule has 0 saturated heterocycles. The van der Waals surface area contributed by atoms with E-state index in [1.807, 2.05) is 38.1 Å². The SMILES string of the molecule is COc1ccc(CCn2c(C)cc(C(=O)COC(=O)CNC(=O)c3cc(OC)c(OC)c(OC)c3)c2C)cc1. The van der Waals surface area contributed by atoms with Gasteiger partial charge in [0.1, 0.15) is 12.3 Å². The van der Waals surface area contributed by atoms with Gasteiger partial charge in [0.05, 0.1) is 28.4 Å². The van der Waals surface area contributed by atoms with Crippen LogP contribution in [0.2, 0.25) is 0 Å². The largest absolute Gasteiger partial charge is 0.497 e. The first-order valence-corrected chi connectivity index (χ1v) is 12.3. The van der Waals surface area contributed by atoms with Gasteiger partial charge < -0.3 is 33.6 Å². The van der Waals surface area contributed by atoms with Crippen molar-refractivity contribution in [2.75, 3.05) is 41.6 Å². The molecule has 1 N–H and O–H groups in total. The maximum Gasteiger partial charge on any atom is 0.325 e. The third-order valence-corrected chi connectivity index (χ3v) is 6.34. The maximum absolute atomic E-state index is 12.8. The standard InChI is InChI=1S/C29H34N2O8/c1-18-13-23(19(2)31(18)12-11-20-7-9-22(35-3)10-8-20)24(32)17-39-27(33)16-30-29(34)21-14-25(36-4)28(38-6)26(15-21)37-5/h7-10,13-15H,11-12,16-17H2,1-6H3,(H,30,34). The van der Waals surface area contributed by atoms with Crippen LogP contribution in [0.4, 0.5) is 0 Å². The van der Waals surface area contributed by atoms with Gasteiger partial charge in [-0.2, -0.15) is 0 Å². The summed E-state index contributed by atoms with van der Waals surface area (Å²) in [6.07, 6.45) is 0.786. The van der Waals surface area contributed by atoms with Gasteiger partial charge in [-0.1, -0.05) is 12.1 Å². The van der Waals surface area contributed by atoms with Crippen molar-refractivity contribution in [3.8, 4) is 23.0 Å². The van der Waals surface area contributed by atoms with Crippen LogP contribution in [-0.4, -0.2) is 63.8 Å². The molecule has 3 aromatic rings. The number of carbonyl (C=O) groups excluding carboxylic acids is 3. The first-order valence-electron chi connectivity index (χ1n) is 12.3. The Morgan fingerprint density at radius 2 is 1.49 bits per heavy atom. The van der Waals surface area contributed by atoms with Gasteiger partial charge in [-0.05, 0) is 56.2 Å². The number of aryl methyl sites for hydroxylation is 2. The van der Waals surface area contributed by atoms with Crippen molar-refractivity contribution in [3.63, 3.8) is 0 Å². The van der Waals surface area contributed by atoms with E-state index >= 15 is 0 Å². The number of ether oxygens (including phenoxy) is 5. The van der Waals surface area contributed by atoms with Crippen molar-refractivity contribution in [1.82, 2.24) is 9.88 Å². The molecule has 0 spiro atoms. The van der Waals surface area contributed by atoms with E-state index in [9.17, 15) is 14.4 Å². The summed E-state index contributed by atoms with van der Waals surface area (Å²) in [5, 5.41) is 2.48. The molecule has 2 aromatic carbocycles. The van der Waals surface area contributed by atoms with E-state index < -0.39 is 25.0 Å². The summed E-state index contributed by atoms with van der Waals surface area (Å²) in [5.41, 5.74) is 3.59.